The third kappa shape index (κ3) is 6.58. The Balaban J connectivity index is 1.06. The molecule has 0 bridgehead atoms. The lowest BCUT2D eigenvalue weighted by molar-refractivity contribution is 0.102. The fourth-order valence-corrected chi connectivity index (χ4v) is 5.87. The van der Waals surface area contributed by atoms with Gasteiger partial charge in [-0.05, 0) is 90.0 Å². The Labute approximate surface area is 259 Å². The highest BCUT2D eigenvalue weighted by atomic mass is 16.5. The molecule has 6 rings (SSSR count). The van der Waals surface area contributed by atoms with Gasteiger partial charge in [-0.3, -0.25) is 9.69 Å². The van der Waals surface area contributed by atoms with Gasteiger partial charge in [-0.15, -0.1) is 0 Å². The number of anilines is 2. The Bertz CT molecular complexity index is 1730. The minimum absolute atomic E-state index is 0.101. The van der Waals surface area contributed by atoms with Crippen LogP contribution in [0.4, 0.5) is 11.4 Å². The van der Waals surface area contributed by atoms with E-state index in [9.17, 15) is 4.79 Å². The summed E-state index contributed by atoms with van der Waals surface area (Å²) in [6.07, 6.45) is 0. The smallest absolute Gasteiger partial charge is 0.257 e. The van der Waals surface area contributed by atoms with Gasteiger partial charge in [-0.2, -0.15) is 4.98 Å². The predicted octanol–water partition coefficient (Wildman–Crippen LogP) is 7.72. The molecular formula is C37H39N5O2. The third-order valence-electron chi connectivity index (χ3n) is 8.35. The van der Waals surface area contributed by atoms with Crippen LogP contribution in [0, 0.1) is 13.8 Å². The number of rotatable bonds is 8. The maximum atomic E-state index is 13.5. The van der Waals surface area contributed by atoms with E-state index in [2.05, 4.69) is 101 Å². The van der Waals surface area contributed by atoms with Crippen LogP contribution in [0.15, 0.2) is 95.5 Å². The molecule has 1 N–H and O–H groups in total. The van der Waals surface area contributed by atoms with E-state index in [0.29, 0.717) is 23.2 Å². The van der Waals surface area contributed by atoms with Gasteiger partial charge in [-0.25, -0.2) is 0 Å². The molecule has 1 fully saturated rings. The SMILES string of the molecule is Cc1noc(-c2cccc(CN3CCN(c4ccc(NC(=O)c5cccc(C)c5-c5ccc(C(C)C)cc5)cc4)CC3)c2)n1. The number of aryl methyl sites for hydroxylation is 2. The van der Waals surface area contributed by atoms with Crippen molar-refractivity contribution in [1.29, 1.82) is 0 Å². The van der Waals surface area contributed by atoms with Gasteiger partial charge in [0.2, 0.25) is 0 Å². The molecule has 1 aromatic heterocycles. The summed E-state index contributed by atoms with van der Waals surface area (Å²) in [6.45, 7) is 13.0. The van der Waals surface area contributed by atoms with Crippen LogP contribution in [0.3, 0.4) is 0 Å². The van der Waals surface area contributed by atoms with Crippen LogP contribution >= 0.6 is 0 Å². The number of hydrogen-bond acceptors (Lipinski definition) is 6. The van der Waals surface area contributed by atoms with Gasteiger partial charge in [0.1, 0.15) is 0 Å². The normalized spacial score (nSPS) is 13.8. The largest absolute Gasteiger partial charge is 0.369 e. The van der Waals surface area contributed by atoms with Crippen LogP contribution in [0.2, 0.25) is 0 Å². The molecule has 1 amide bonds. The van der Waals surface area contributed by atoms with Crippen LogP contribution in [-0.4, -0.2) is 47.1 Å². The minimum atomic E-state index is -0.101. The zero-order valence-electron chi connectivity index (χ0n) is 25.9. The van der Waals surface area contributed by atoms with E-state index < -0.39 is 0 Å². The summed E-state index contributed by atoms with van der Waals surface area (Å²) in [7, 11) is 0. The second-order valence-corrected chi connectivity index (χ2v) is 11.9. The molecule has 0 unspecified atom stereocenters. The summed E-state index contributed by atoms with van der Waals surface area (Å²) in [4.78, 5) is 22.7. The van der Waals surface area contributed by atoms with Crippen molar-refractivity contribution >= 4 is 17.3 Å². The Morgan fingerprint density at radius 2 is 1.59 bits per heavy atom. The molecule has 0 spiro atoms. The lowest BCUT2D eigenvalue weighted by Crippen LogP contribution is -2.45. The van der Waals surface area contributed by atoms with Crippen LogP contribution < -0.4 is 10.2 Å². The molecule has 0 aliphatic carbocycles. The molecule has 5 aromatic rings. The Morgan fingerprint density at radius 3 is 2.27 bits per heavy atom. The molecule has 2 heterocycles. The van der Waals surface area contributed by atoms with Crippen LogP contribution in [0.5, 0.6) is 0 Å². The van der Waals surface area contributed by atoms with E-state index in [1.54, 1.807) is 0 Å². The van der Waals surface area contributed by atoms with Crippen molar-refractivity contribution in [2.24, 2.45) is 0 Å². The standard InChI is InChI=1S/C37H39N5O2/c1-25(2)29-11-13-30(14-12-29)35-26(3)7-5-10-34(35)36(43)39-32-15-17-33(18-16-32)42-21-19-41(20-22-42)24-28-8-6-9-31(23-28)37-38-27(4)40-44-37/h5-18,23,25H,19-22,24H2,1-4H3,(H,39,43). The van der Waals surface area contributed by atoms with Gasteiger partial charge in [0.25, 0.3) is 11.8 Å². The van der Waals surface area contributed by atoms with Crippen molar-refractivity contribution in [3.05, 3.63) is 119 Å². The van der Waals surface area contributed by atoms with Crippen molar-refractivity contribution in [2.45, 2.75) is 40.2 Å². The summed E-state index contributed by atoms with van der Waals surface area (Å²) in [5.41, 5.74) is 9.22. The molecular weight excluding hydrogens is 546 g/mol. The molecule has 1 saturated heterocycles. The highest BCUT2D eigenvalue weighted by molar-refractivity contribution is 6.09. The number of carbonyl (C=O) groups excluding carboxylic acids is 1. The number of nitrogens with one attached hydrogen (secondary N) is 1. The molecule has 7 nitrogen and oxygen atoms in total. The first-order chi connectivity index (χ1) is 21.3. The topological polar surface area (TPSA) is 74.5 Å². The van der Waals surface area contributed by atoms with E-state index in [1.807, 2.05) is 43.3 Å². The first-order valence-electron chi connectivity index (χ1n) is 15.3. The molecule has 224 valence electrons. The maximum absolute atomic E-state index is 13.5. The number of benzene rings is 4. The van der Waals surface area contributed by atoms with E-state index >= 15 is 0 Å². The first kappa shape index (κ1) is 29.3. The molecule has 0 atom stereocenters. The van der Waals surface area contributed by atoms with E-state index in [1.165, 1.54) is 11.1 Å². The molecule has 0 saturated carbocycles. The highest BCUT2D eigenvalue weighted by Gasteiger charge is 2.19. The van der Waals surface area contributed by atoms with Crippen molar-refractivity contribution < 1.29 is 9.32 Å². The third-order valence-corrected chi connectivity index (χ3v) is 8.35. The Morgan fingerprint density at radius 1 is 0.864 bits per heavy atom. The summed E-state index contributed by atoms with van der Waals surface area (Å²) in [5.74, 6) is 1.56. The van der Waals surface area contributed by atoms with Crippen LogP contribution in [0.1, 0.15) is 52.6 Å². The molecule has 1 aliphatic rings. The number of amides is 1. The summed E-state index contributed by atoms with van der Waals surface area (Å²) in [5, 5.41) is 7.04. The van der Waals surface area contributed by atoms with E-state index in [-0.39, 0.29) is 5.91 Å². The van der Waals surface area contributed by atoms with E-state index in [0.717, 1.165) is 66.4 Å². The fraction of sp³-hybridized carbons (Fsp3) is 0.270. The zero-order chi connectivity index (χ0) is 30.6. The van der Waals surface area contributed by atoms with Gasteiger partial charge in [-0.1, -0.05) is 67.5 Å². The molecule has 7 heteroatoms. The number of hydrogen-bond donors (Lipinski definition) is 1. The van der Waals surface area contributed by atoms with Gasteiger partial charge in [0.15, 0.2) is 5.82 Å². The maximum Gasteiger partial charge on any atom is 0.257 e. The minimum Gasteiger partial charge on any atom is -0.369 e. The van der Waals surface area contributed by atoms with Crippen LogP contribution in [-0.2, 0) is 6.54 Å². The lowest BCUT2D eigenvalue weighted by Gasteiger charge is -2.36. The Kier molecular flexibility index (Phi) is 8.57. The second-order valence-electron chi connectivity index (χ2n) is 11.9. The molecule has 4 aromatic carbocycles. The summed E-state index contributed by atoms with van der Waals surface area (Å²) < 4.78 is 5.34. The van der Waals surface area contributed by atoms with Gasteiger partial charge in [0, 0.05) is 55.2 Å². The summed E-state index contributed by atoms with van der Waals surface area (Å²) >= 11 is 0. The van der Waals surface area contributed by atoms with Crippen molar-refractivity contribution in [2.75, 3.05) is 36.4 Å². The number of nitrogens with zero attached hydrogens (tertiary/aromatic N) is 4. The van der Waals surface area contributed by atoms with Crippen LogP contribution in [0.25, 0.3) is 22.6 Å². The van der Waals surface area contributed by atoms with Crippen molar-refractivity contribution in [1.82, 2.24) is 15.0 Å². The number of piperazine rings is 1. The van der Waals surface area contributed by atoms with Gasteiger partial charge >= 0.3 is 0 Å². The fourth-order valence-electron chi connectivity index (χ4n) is 5.87. The number of aromatic nitrogens is 2. The first-order valence-corrected chi connectivity index (χ1v) is 15.3. The monoisotopic (exact) mass is 585 g/mol. The summed E-state index contributed by atoms with van der Waals surface area (Å²) in [6, 6.07) is 31.0. The average Bonchev–Trinajstić information content (AvgIpc) is 3.48. The van der Waals surface area contributed by atoms with Crippen molar-refractivity contribution in [3.63, 3.8) is 0 Å². The Hall–Kier alpha value is -4.75. The highest BCUT2D eigenvalue weighted by Crippen LogP contribution is 2.30. The van der Waals surface area contributed by atoms with Gasteiger partial charge < -0.3 is 14.7 Å². The predicted molar refractivity (Wildman–Crippen MR) is 177 cm³/mol. The molecule has 0 radical (unpaired) electrons. The lowest BCUT2D eigenvalue weighted by atomic mass is 9.92. The van der Waals surface area contributed by atoms with Gasteiger partial charge in [0.05, 0.1) is 0 Å². The molecule has 44 heavy (non-hydrogen) atoms. The van der Waals surface area contributed by atoms with E-state index in [4.69, 9.17) is 4.52 Å². The quantitative estimate of drug-likeness (QED) is 0.201. The molecule has 1 aliphatic heterocycles. The zero-order valence-corrected chi connectivity index (χ0v) is 25.9. The number of carbonyl (C=O) groups is 1. The second kappa shape index (κ2) is 12.9. The van der Waals surface area contributed by atoms with Crippen molar-refractivity contribution in [3.8, 4) is 22.6 Å². The average molecular weight is 586 g/mol.